The number of nitrogens with zero attached hydrogens (tertiary/aromatic N) is 5. The van der Waals surface area contributed by atoms with Crippen LogP contribution in [-0.4, -0.2) is 74.3 Å². The highest BCUT2D eigenvalue weighted by Crippen LogP contribution is 2.34. The van der Waals surface area contributed by atoms with Crippen molar-refractivity contribution in [2.75, 3.05) is 37.7 Å². The van der Waals surface area contributed by atoms with E-state index in [-0.39, 0.29) is 0 Å². The number of likely N-dealkylation sites (tertiary alicyclic amines) is 1. The second kappa shape index (κ2) is 7.32. The molecule has 0 aromatic carbocycles. The van der Waals surface area contributed by atoms with Gasteiger partial charge in [-0.05, 0) is 25.7 Å². The fourth-order valence-electron chi connectivity index (χ4n) is 4.33. The van der Waals surface area contributed by atoms with E-state index in [1.54, 1.807) is 0 Å². The van der Waals surface area contributed by atoms with Crippen molar-refractivity contribution < 1.29 is 0 Å². The first-order valence-corrected chi connectivity index (χ1v) is 10.5. The maximum absolute atomic E-state index is 5.92. The Morgan fingerprint density at radius 3 is 2.46 bits per heavy atom. The predicted octanol–water partition coefficient (Wildman–Crippen LogP) is 1.03. The van der Waals surface area contributed by atoms with Gasteiger partial charge in [0.2, 0.25) is 0 Å². The quantitative estimate of drug-likeness (QED) is 0.875. The van der Waals surface area contributed by atoms with Crippen LogP contribution < -0.4 is 5.73 Å². The molecule has 1 aliphatic carbocycles. The third kappa shape index (κ3) is 3.49. The Morgan fingerprint density at radius 2 is 1.79 bits per heavy atom. The number of piperidine rings is 1. The molecule has 0 atom stereocenters. The molecule has 1 aromatic rings. The highest BCUT2D eigenvalue weighted by molar-refractivity contribution is 7.99. The summed E-state index contributed by atoms with van der Waals surface area (Å²) in [6, 6.07) is 1.16. The molecule has 0 radical (unpaired) electrons. The minimum absolute atomic E-state index is 0.363. The van der Waals surface area contributed by atoms with Gasteiger partial charge in [0.05, 0.1) is 6.54 Å². The van der Waals surface area contributed by atoms with Crippen LogP contribution in [0.25, 0.3) is 0 Å². The van der Waals surface area contributed by atoms with Crippen LogP contribution in [0.1, 0.15) is 43.3 Å². The average Bonchev–Trinajstić information content (AvgIpc) is 2.94. The summed E-state index contributed by atoms with van der Waals surface area (Å²) in [4.78, 5) is 5.27. The van der Waals surface area contributed by atoms with Crippen molar-refractivity contribution in [2.45, 2.75) is 50.2 Å². The molecule has 1 aromatic heterocycles. The molecule has 3 aliphatic rings. The van der Waals surface area contributed by atoms with Gasteiger partial charge in [0.15, 0.2) is 0 Å². The Bertz CT molecular complexity index is 541. The van der Waals surface area contributed by atoms with E-state index < -0.39 is 0 Å². The molecule has 3 heterocycles. The molecule has 0 amide bonds. The Morgan fingerprint density at radius 1 is 1.08 bits per heavy atom. The second-order valence-corrected chi connectivity index (χ2v) is 8.84. The first-order valence-electron chi connectivity index (χ1n) is 9.38. The van der Waals surface area contributed by atoms with Crippen LogP contribution >= 0.6 is 11.8 Å². The van der Waals surface area contributed by atoms with E-state index in [2.05, 4.69) is 43.4 Å². The molecule has 0 spiro atoms. The molecule has 3 fully saturated rings. The third-order valence-corrected chi connectivity index (χ3v) is 6.97. The normalized spacial score (nSPS) is 30.4. The molecule has 2 N–H and O–H groups in total. The largest absolute Gasteiger partial charge is 0.328 e. The first kappa shape index (κ1) is 16.8. The zero-order valence-electron chi connectivity index (χ0n) is 14.7. The van der Waals surface area contributed by atoms with Gasteiger partial charge >= 0.3 is 0 Å². The summed E-state index contributed by atoms with van der Waals surface area (Å²) in [5.41, 5.74) is 5.92. The van der Waals surface area contributed by atoms with Crippen molar-refractivity contribution in [2.24, 2.45) is 12.8 Å². The highest BCUT2D eigenvalue weighted by Gasteiger charge is 2.32. The van der Waals surface area contributed by atoms with Crippen molar-refractivity contribution in [3.8, 4) is 0 Å². The van der Waals surface area contributed by atoms with Gasteiger partial charge in [-0.25, -0.2) is 0 Å². The minimum Gasteiger partial charge on any atom is -0.328 e. The lowest BCUT2D eigenvalue weighted by Crippen LogP contribution is -2.47. The standard InChI is InChI=1S/C17H30N6S/c1-21-16(19-20-17(21)13-10-14(18)11-13)12-22-4-2-15(3-5-22)23-6-8-24-9-7-23/h13-15H,2-12,18H2,1H3. The van der Waals surface area contributed by atoms with Gasteiger partial charge < -0.3 is 10.3 Å². The van der Waals surface area contributed by atoms with Crippen LogP contribution in [-0.2, 0) is 13.6 Å². The Kier molecular flexibility index (Phi) is 5.13. The fraction of sp³-hybridized carbons (Fsp3) is 0.882. The summed E-state index contributed by atoms with van der Waals surface area (Å²) in [5, 5.41) is 8.91. The average molecular weight is 351 g/mol. The van der Waals surface area contributed by atoms with Crippen molar-refractivity contribution in [3.05, 3.63) is 11.6 Å². The van der Waals surface area contributed by atoms with Gasteiger partial charge in [0.1, 0.15) is 11.6 Å². The number of nitrogens with two attached hydrogens (primary N) is 1. The van der Waals surface area contributed by atoms with E-state index in [1.165, 1.54) is 50.5 Å². The lowest BCUT2D eigenvalue weighted by Gasteiger charge is -2.39. The number of aromatic nitrogens is 3. The van der Waals surface area contributed by atoms with E-state index in [4.69, 9.17) is 5.73 Å². The first-order chi connectivity index (χ1) is 11.7. The summed E-state index contributed by atoms with van der Waals surface area (Å²) >= 11 is 2.10. The molecule has 0 bridgehead atoms. The molecule has 4 rings (SSSR count). The van der Waals surface area contributed by atoms with Gasteiger partial charge in [0, 0.05) is 62.7 Å². The van der Waals surface area contributed by atoms with E-state index >= 15 is 0 Å². The highest BCUT2D eigenvalue weighted by atomic mass is 32.2. The van der Waals surface area contributed by atoms with E-state index in [1.807, 2.05) is 0 Å². The molecular weight excluding hydrogens is 320 g/mol. The minimum atomic E-state index is 0.363. The zero-order chi connectivity index (χ0) is 16.5. The number of thioether (sulfide) groups is 1. The molecule has 1 saturated carbocycles. The third-order valence-electron chi connectivity index (χ3n) is 6.02. The smallest absolute Gasteiger partial charge is 0.146 e. The van der Waals surface area contributed by atoms with Crippen molar-refractivity contribution in [1.82, 2.24) is 24.6 Å². The molecule has 0 unspecified atom stereocenters. The molecule has 7 heteroatoms. The maximum atomic E-state index is 5.92. The van der Waals surface area contributed by atoms with Crippen LogP contribution in [0.15, 0.2) is 0 Å². The number of rotatable bonds is 4. The van der Waals surface area contributed by atoms with Gasteiger partial charge in [-0.15, -0.1) is 10.2 Å². The van der Waals surface area contributed by atoms with Crippen LogP contribution in [0.2, 0.25) is 0 Å². The van der Waals surface area contributed by atoms with Crippen LogP contribution in [0, 0.1) is 0 Å². The second-order valence-electron chi connectivity index (χ2n) is 7.62. The Balaban J connectivity index is 1.29. The van der Waals surface area contributed by atoms with Crippen molar-refractivity contribution >= 4 is 11.8 Å². The number of hydrogen-bond acceptors (Lipinski definition) is 6. The summed E-state index contributed by atoms with van der Waals surface area (Å²) in [5.74, 6) is 5.39. The van der Waals surface area contributed by atoms with Crippen molar-refractivity contribution in [3.63, 3.8) is 0 Å². The van der Waals surface area contributed by atoms with Crippen LogP contribution in [0.3, 0.4) is 0 Å². The molecular formula is C17H30N6S. The molecule has 134 valence electrons. The van der Waals surface area contributed by atoms with E-state index in [0.717, 1.165) is 37.1 Å². The zero-order valence-corrected chi connectivity index (χ0v) is 15.5. The van der Waals surface area contributed by atoms with Gasteiger partial charge in [0.25, 0.3) is 0 Å². The van der Waals surface area contributed by atoms with E-state index in [9.17, 15) is 0 Å². The van der Waals surface area contributed by atoms with Gasteiger partial charge in [-0.3, -0.25) is 9.80 Å². The SMILES string of the molecule is Cn1c(CN2CCC(N3CCSCC3)CC2)nnc1C1CC(N)C1. The molecule has 6 nitrogen and oxygen atoms in total. The van der Waals surface area contributed by atoms with Gasteiger partial charge in [-0.1, -0.05) is 0 Å². The predicted molar refractivity (Wildman–Crippen MR) is 98.2 cm³/mol. The summed E-state index contributed by atoms with van der Waals surface area (Å²) in [7, 11) is 2.12. The Hall–Kier alpha value is -0.630. The van der Waals surface area contributed by atoms with Crippen molar-refractivity contribution in [1.29, 1.82) is 0 Å². The summed E-state index contributed by atoms with van der Waals surface area (Å²) in [6.07, 6.45) is 4.72. The fourth-order valence-corrected chi connectivity index (χ4v) is 5.26. The van der Waals surface area contributed by atoms with Crippen LogP contribution in [0.5, 0.6) is 0 Å². The monoisotopic (exact) mass is 350 g/mol. The summed E-state index contributed by atoms with van der Waals surface area (Å²) < 4.78 is 2.21. The topological polar surface area (TPSA) is 63.2 Å². The summed E-state index contributed by atoms with van der Waals surface area (Å²) in [6.45, 7) is 5.87. The molecule has 2 saturated heterocycles. The van der Waals surface area contributed by atoms with Crippen LogP contribution in [0.4, 0.5) is 0 Å². The lowest BCUT2D eigenvalue weighted by atomic mass is 9.80. The van der Waals surface area contributed by atoms with E-state index in [0.29, 0.717) is 12.0 Å². The lowest BCUT2D eigenvalue weighted by molar-refractivity contribution is 0.110. The number of hydrogen-bond donors (Lipinski definition) is 1. The Labute approximate surface area is 149 Å². The molecule has 2 aliphatic heterocycles. The molecule has 24 heavy (non-hydrogen) atoms. The maximum Gasteiger partial charge on any atom is 0.146 e. The van der Waals surface area contributed by atoms with Gasteiger partial charge in [-0.2, -0.15) is 11.8 Å².